The first kappa shape index (κ1) is 29.3. The van der Waals surface area contributed by atoms with Gasteiger partial charge in [-0.3, -0.25) is 14.4 Å². The van der Waals surface area contributed by atoms with Crippen molar-refractivity contribution in [1.29, 1.82) is 0 Å². The summed E-state index contributed by atoms with van der Waals surface area (Å²) in [5.41, 5.74) is 2.66. The van der Waals surface area contributed by atoms with E-state index in [2.05, 4.69) is 17.2 Å². The molecular formula is C32H33NO8. The highest BCUT2D eigenvalue weighted by Gasteiger charge is 2.55. The van der Waals surface area contributed by atoms with E-state index in [0.717, 1.165) is 33.6 Å². The Hall–Kier alpha value is -4.71. The number of aliphatic hydroxyl groups is 1. The summed E-state index contributed by atoms with van der Waals surface area (Å²) in [5, 5.41) is 24.3. The maximum absolute atomic E-state index is 13.7. The van der Waals surface area contributed by atoms with Crippen molar-refractivity contribution in [2.45, 2.75) is 60.4 Å². The lowest BCUT2D eigenvalue weighted by atomic mass is 9.71. The molecule has 1 amide bonds. The van der Waals surface area contributed by atoms with Crippen LogP contribution in [0.1, 0.15) is 64.5 Å². The quantitative estimate of drug-likeness (QED) is 0.334. The third kappa shape index (κ3) is 4.49. The Kier molecular flexibility index (Phi) is 7.64. The van der Waals surface area contributed by atoms with E-state index in [1.807, 2.05) is 27.7 Å². The smallest absolute Gasteiger partial charge is 0.259 e. The van der Waals surface area contributed by atoms with Crippen molar-refractivity contribution in [3.63, 3.8) is 0 Å². The zero-order valence-electron chi connectivity index (χ0n) is 24.4. The van der Waals surface area contributed by atoms with Crippen molar-refractivity contribution in [2.75, 3.05) is 13.7 Å². The maximum Gasteiger partial charge on any atom is 0.259 e. The normalized spacial score (nSPS) is 17.1. The number of rotatable bonds is 7. The van der Waals surface area contributed by atoms with Crippen LogP contribution < -0.4 is 19.5 Å². The molecule has 1 heterocycles. The molecule has 2 aromatic rings. The lowest BCUT2D eigenvalue weighted by Gasteiger charge is -2.27. The predicted octanol–water partition coefficient (Wildman–Crippen LogP) is 4.48. The fourth-order valence-electron chi connectivity index (χ4n) is 5.50. The summed E-state index contributed by atoms with van der Waals surface area (Å²) in [6.45, 7) is 12.7. The van der Waals surface area contributed by atoms with Crippen LogP contribution in [0.5, 0.6) is 23.0 Å². The molecule has 4 rings (SSSR count). The van der Waals surface area contributed by atoms with E-state index in [4.69, 9.17) is 14.2 Å². The van der Waals surface area contributed by atoms with Gasteiger partial charge in [0.25, 0.3) is 5.91 Å². The van der Waals surface area contributed by atoms with E-state index < -0.39 is 34.2 Å². The Morgan fingerprint density at radius 2 is 1.73 bits per heavy atom. The Balaban J connectivity index is 1.75. The van der Waals surface area contributed by atoms with Gasteiger partial charge >= 0.3 is 0 Å². The number of hydrogen-bond acceptors (Lipinski definition) is 8. The van der Waals surface area contributed by atoms with E-state index in [0.29, 0.717) is 0 Å². The second kappa shape index (κ2) is 10.7. The lowest BCUT2D eigenvalue weighted by Crippen LogP contribution is -2.38. The first-order chi connectivity index (χ1) is 19.3. The highest BCUT2D eigenvalue weighted by atomic mass is 16.5. The van der Waals surface area contributed by atoms with Gasteiger partial charge in [0.1, 0.15) is 51.9 Å². The first-order valence-electron chi connectivity index (χ1n) is 13.0. The number of phenolic OH excluding ortho intramolecular Hbond substituents is 1. The maximum atomic E-state index is 13.7. The Bertz CT molecular complexity index is 1620. The van der Waals surface area contributed by atoms with Crippen LogP contribution in [-0.4, -0.2) is 41.4 Å². The standard InChI is InChI=1S/C32H33NO8/c1-9-10-11-40-28-17(4)15(2)20(16(3)18(28)5)14-33-31(38)26-23(39-8)12-22(36)27-29(26)41-24-13-21(35)25(19(6)34)30(37)32(24,27)7/h12-13,35-36H,11,14H2,1-8H3,(H,33,38)/t32-/m1/s1. The number of Topliss-reactive ketones (excluding diaryl/α,β-unsaturated/α-hetero) is 2. The average Bonchev–Trinajstić information content (AvgIpc) is 3.22. The van der Waals surface area contributed by atoms with Crippen LogP contribution in [0, 0.1) is 39.5 Å². The summed E-state index contributed by atoms with van der Waals surface area (Å²) in [5.74, 6) is 3.59. The first-order valence-corrected chi connectivity index (χ1v) is 13.0. The number of ether oxygens (including phenoxy) is 3. The minimum Gasteiger partial charge on any atom is -0.507 e. The van der Waals surface area contributed by atoms with Crippen LogP contribution in [0.2, 0.25) is 0 Å². The number of amides is 1. The molecule has 214 valence electrons. The number of allylic oxidation sites excluding steroid dienone is 3. The topological polar surface area (TPSA) is 131 Å². The highest BCUT2D eigenvalue weighted by molar-refractivity contribution is 6.25. The van der Waals surface area contributed by atoms with Crippen molar-refractivity contribution < 1.29 is 38.8 Å². The second-order valence-electron chi connectivity index (χ2n) is 10.3. The molecule has 1 aliphatic carbocycles. The third-order valence-electron chi connectivity index (χ3n) is 8.04. The van der Waals surface area contributed by atoms with Crippen molar-refractivity contribution >= 4 is 17.5 Å². The zero-order chi connectivity index (χ0) is 30.4. The van der Waals surface area contributed by atoms with Crippen molar-refractivity contribution in [3.8, 4) is 34.8 Å². The SMILES string of the molecule is CC#CCOc1c(C)c(C)c(CNC(=O)c2c(OC)cc(O)c3c2OC2=CC(O)=C(C(C)=O)C(=O)[C@]23C)c(C)c1C. The van der Waals surface area contributed by atoms with Gasteiger partial charge in [-0.2, -0.15) is 0 Å². The van der Waals surface area contributed by atoms with Crippen LogP contribution in [0.3, 0.4) is 0 Å². The Morgan fingerprint density at radius 1 is 1.10 bits per heavy atom. The van der Waals surface area contributed by atoms with Crippen LogP contribution in [-0.2, 0) is 21.5 Å². The van der Waals surface area contributed by atoms with Gasteiger partial charge in [0, 0.05) is 18.7 Å². The number of carbonyl (C=O) groups is 3. The number of phenols is 1. The van der Waals surface area contributed by atoms with E-state index in [1.54, 1.807) is 6.92 Å². The third-order valence-corrected chi connectivity index (χ3v) is 8.04. The molecule has 9 heteroatoms. The fraction of sp³-hybridized carbons (Fsp3) is 0.344. The molecule has 0 spiro atoms. The van der Waals surface area contributed by atoms with Crippen LogP contribution in [0.25, 0.3) is 0 Å². The number of ketones is 2. The number of carbonyl (C=O) groups excluding carboxylic acids is 3. The fourth-order valence-corrected chi connectivity index (χ4v) is 5.50. The summed E-state index contributed by atoms with van der Waals surface area (Å²) < 4.78 is 17.3. The average molecular weight is 560 g/mol. The molecule has 0 unspecified atom stereocenters. The minimum absolute atomic E-state index is 0.0149. The van der Waals surface area contributed by atoms with Gasteiger partial charge in [0.05, 0.1) is 12.7 Å². The summed E-state index contributed by atoms with van der Waals surface area (Å²) in [7, 11) is 1.34. The number of fused-ring (bicyclic) bond motifs is 3. The molecule has 0 saturated heterocycles. The van der Waals surface area contributed by atoms with Crippen LogP contribution in [0.4, 0.5) is 0 Å². The summed E-state index contributed by atoms with van der Waals surface area (Å²) in [4.78, 5) is 39.4. The molecular weight excluding hydrogens is 526 g/mol. The molecule has 0 radical (unpaired) electrons. The molecule has 0 fully saturated rings. The molecule has 1 atom stereocenters. The van der Waals surface area contributed by atoms with E-state index >= 15 is 0 Å². The molecule has 41 heavy (non-hydrogen) atoms. The largest absolute Gasteiger partial charge is 0.507 e. The molecule has 1 aliphatic heterocycles. The van der Waals surface area contributed by atoms with Crippen molar-refractivity contribution in [1.82, 2.24) is 5.32 Å². The lowest BCUT2D eigenvalue weighted by molar-refractivity contribution is -0.123. The molecule has 0 bridgehead atoms. The van der Waals surface area contributed by atoms with E-state index in [9.17, 15) is 24.6 Å². The summed E-state index contributed by atoms with van der Waals surface area (Å²) in [6.07, 6.45) is 1.17. The van der Waals surface area contributed by atoms with Crippen molar-refractivity contribution in [2.24, 2.45) is 0 Å². The van der Waals surface area contributed by atoms with E-state index in [-0.39, 0.29) is 47.3 Å². The summed E-state index contributed by atoms with van der Waals surface area (Å²) >= 11 is 0. The number of benzene rings is 2. The molecule has 2 aromatic carbocycles. The molecule has 2 aliphatic rings. The monoisotopic (exact) mass is 559 g/mol. The molecule has 0 aromatic heterocycles. The van der Waals surface area contributed by atoms with Crippen LogP contribution in [0.15, 0.2) is 29.2 Å². The zero-order valence-corrected chi connectivity index (χ0v) is 24.4. The summed E-state index contributed by atoms with van der Waals surface area (Å²) in [6, 6.07) is 1.24. The molecule has 9 nitrogen and oxygen atoms in total. The van der Waals surface area contributed by atoms with Gasteiger partial charge in [0.15, 0.2) is 17.3 Å². The van der Waals surface area contributed by atoms with Gasteiger partial charge in [-0.05, 0) is 76.3 Å². The number of hydrogen-bond donors (Lipinski definition) is 3. The minimum atomic E-state index is -1.63. The van der Waals surface area contributed by atoms with Crippen LogP contribution >= 0.6 is 0 Å². The number of nitrogens with one attached hydrogen (secondary N) is 1. The Morgan fingerprint density at radius 3 is 2.29 bits per heavy atom. The van der Waals surface area contributed by atoms with Gasteiger partial charge in [0.2, 0.25) is 0 Å². The van der Waals surface area contributed by atoms with E-state index in [1.165, 1.54) is 33.1 Å². The Labute approximate surface area is 238 Å². The second-order valence-corrected chi connectivity index (χ2v) is 10.3. The highest BCUT2D eigenvalue weighted by Crippen LogP contribution is 2.56. The van der Waals surface area contributed by atoms with Gasteiger partial charge in [-0.25, -0.2) is 0 Å². The number of methoxy groups -OCH3 is 1. The van der Waals surface area contributed by atoms with Gasteiger partial charge < -0.3 is 29.7 Å². The van der Waals surface area contributed by atoms with Gasteiger partial charge in [-0.15, -0.1) is 5.92 Å². The van der Waals surface area contributed by atoms with Gasteiger partial charge in [-0.1, -0.05) is 5.92 Å². The predicted molar refractivity (Wildman–Crippen MR) is 152 cm³/mol. The number of aromatic hydroxyl groups is 1. The molecule has 3 N–H and O–H groups in total. The number of aliphatic hydroxyl groups excluding tert-OH is 1. The van der Waals surface area contributed by atoms with Crippen molar-refractivity contribution in [3.05, 3.63) is 68.2 Å². The molecule has 0 saturated carbocycles.